The maximum Gasteiger partial charge on any atom is 0.127 e. The molecule has 0 unspecified atom stereocenters. The highest BCUT2D eigenvalue weighted by atomic mass is 19.1. The van der Waals surface area contributed by atoms with E-state index >= 15 is 0 Å². The van der Waals surface area contributed by atoms with E-state index in [-0.39, 0.29) is 17.0 Å². The summed E-state index contributed by atoms with van der Waals surface area (Å²) in [7, 11) is 0. The third-order valence-corrected chi connectivity index (χ3v) is 3.33. The molecule has 0 aliphatic carbocycles. The Hall–Kier alpha value is -1.09. The van der Waals surface area contributed by atoms with Crippen molar-refractivity contribution >= 4 is 0 Å². The lowest BCUT2D eigenvalue weighted by Crippen LogP contribution is -2.29. The average Bonchev–Trinajstić information content (AvgIpc) is 2.27. The Labute approximate surface area is 116 Å². The molecule has 0 radical (unpaired) electrons. The molecule has 0 amide bonds. The average molecular weight is 267 g/mol. The Kier molecular flexibility index (Phi) is 6.29. The fraction of sp³-hybridized carbons (Fsp3) is 0.625. The molecule has 0 fully saturated rings. The SMILES string of the molecule is CCCCCC(C)(C)CNCc1cc(O)cc(F)c1. The molecule has 1 aromatic carbocycles. The number of unbranched alkanes of at least 4 members (excludes halogenated alkanes) is 2. The van der Waals surface area contributed by atoms with Crippen LogP contribution in [0.15, 0.2) is 18.2 Å². The molecule has 1 aromatic rings. The highest BCUT2D eigenvalue weighted by Gasteiger charge is 2.16. The van der Waals surface area contributed by atoms with Crippen molar-refractivity contribution in [2.75, 3.05) is 6.54 Å². The van der Waals surface area contributed by atoms with E-state index in [9.17, 15) is 9.50 Å². The van der Waals surface area contributed by atoms with Gasteiger partial charge < -0.3 is 10.4 Å². The van der Waals surface area contributed by atoms with Crippen molar-refractivity contribution in [3.8, 4) is 5.75 Å². The molecule has 0 saturated carbocycles. The fourth-order valence-electron chi connectivity index (χ4n) is 2.22. The van der Waals surface area contributed by atoms with Gasteiger partial charge in [0.15, 0.2) is 0 Å². The smallest absolute Gasteiger partial charge is 0.127 e. The van der Waals surface area contributed by atoms with Crippen molar-refractivity contribution in [3.05, 3.63) is 29.6 Å². The monoisotopic (exact) mass is 267 g/mol. The van der Waals surface area contributed by atoms with Crippen LogP contribution in [-0.4, -0.2) is 11.7 Å². The lowest BCUT2D eigenvalue weighted by atomic mass is 9.87. The standard InChI is InChI=1S/C16H26FNO/c1-4-5-6-7-16(2,3)12-18-11-13-8-14(17)10-15(19)9-13/h8-10,18-19H,4-7,11-12H2,1-3H3. The van der Waals surface area contributed by atoms with Crippen molar-refractivity contribution in [2.45, 2.75) is 53.0 Å². The molecule has 2 nitrogen and oxygen atoms in total. The fourth-order valence-corrected chi connectivity index (χ4v) is 2.22. The molecule has 0 aromatic heterocycles. The van der Waals surface area contributed by atoms with Gasteiger partial charge in [0.05, 0.1) is 0 Å². The Morgan fingerprint density at radius 1 is 1.21 bits per heavy atom. The van der Waals surface area contributed by atoms with Gasteiger partial charge in [-0.2, -0.15) is 0 Å². The summed E-state index contributed by atoms with van der Waals surface area (Å²) in [5.74, 6) is -0.405. The van der Waals surface area contributed by atoms with Crippen LogP contribution in [0.5, 0.6) is 5.75 Å². The lowest BCUT2D eigenvalue weighted by Gasteiger charge is -2.25. The quantitative estimate of drug-likeness (QED) is 0.691. The van der Waals surface area contributed by atoms with E-state index in [0.717, 1.165) is 18.2 Å². The number of hydrogen-bond acceptors (Lipinski definition) is 2. The van der Waals surface area contributed by atoms with Crippen LogP contribution in [-0.2, 0) is 6.54 Å². The second-order valence-electron chi connectivity index (χ2n) is 6.04. The van der Waals surface area contributed by atoms with E-state index < -0.39 is 0 Å². The molecular formula is C16H26FNO. The summed E-state index contributed by atoms with van der Waals surface area (Å²) in [6.45, 7) is 8.19. The number of phenols is 1. The number of nitrogens with one attached hydrogen (secondary N) is 1. The van der Waals surface area contributed by atoms with Gasteiger partial charge in [-0.3, -0.25) is 0 Å². The van der Waals surface area contributed by atoms with E-state index in [0.29, 0.717) is 6.54 Å². The molecule has 0 aliphatic rings. The molecule has 0 atom stereocenters. The first-order chi connectivity index (χ1) is 8.93. The third kappa shape index (κ3) is 6.58. The molecule has 108 valence electrons. The molecule has 1 rings (SSSR count). The van der Waals surface area contributed by atoms with Crippen molar-refractivity contribution in [2.24, 2.45) is 5.41 Å². The highest BCUT2D eigenvalue weighted by molar-refractivity contribution is 5.28. The number of hydrogen-bond donors (Lipinski definition) is 2. The zero-order valence-corrected chi connectivity index (χ0v) is 12.3. The molecule has 19 heavy (non-hydrogen) atoms. The topological polar surface area (TPSA) is 32.3 Å². The number of aromatic hydroxyl groups is 1. The minimum Gasteiger partial charge on any atom is -0.508 e. The van der Waals surface area contributed by atoms with Gasteiger partial charge in [0.2, 0.25) is 0 Å². The molecule has 0 saturated heterocycles. The van der Waals surface area contributed by atoms with Crippen LogP contribution in [0.4, 0.5) is 4.39 Å². The first kappa shape index (κ1) is 16.0. The Balaban J connectivity index is 2.36. The minimum absolute atomic E-state index is 0.0148. The summed E-state index contributed by atoms with van der Waals surface area (Å²) in [6, 6.07) is 4.18. The van der Waals surface area contributed by atoms with Crippen LogP contribution in [0.1, 0.15) is 52.0 Å². The Bertz CT molecular complexity index is 370. The van der Waals surface area contributed by atoms with Crippen LogP contribution >= 0.6 is 0 Å². The molecule has 0 heterocycles. The number of benzene rings is 1. The Morgan fingerprint density at radius 3 is 2.58 bits per heavy atom. The molecule has 0 bridgehead atoms. The second-order valence-corrected chi connectivity index (χ2v) is 6.04. The predicted molar refractivity (Wildman–Crippen MR) is 77.7 cm³/mol. The van der Waals surface area contributed by atoms with Gasteiger partial charge in [-0.25, -0.2) is 4.39 Å². The number of halogens is 1. The first-order valence-electron chi connectivity index (χ1n) is 7.12. The van der Waals surface area contributed by atoms with E-state index in [4.69, 9.17) is 0 Å². The first-order valence-corrected chi connectivity index (χ1v) is 7.12. The second kappa shape index (κ2) is 7.49. The summed E-state index contributed by atoms with van der Waals surface area (Å²) >= 11 is 0. The van der Waals surface area contributed by atoms with E-state index in [1.54, 1.807) is 6.07 Å². The lowest BCUT2D eigenvalue weighted by molar-refractivity contribution is 0.302. The van der Waals surface area contributed by atoms with Crippen LogP contribution in [0.3, 0.4) is 0 Å². The Morgan fingerprint density at radius 2 is 1.95 bits per heavy atom. The molecule has 0 spiro atoms. The summed E-state index contributed by atoms with van der Waals surface area (Å²) < 4.78 is 13.1. The zero-order valence-electron chi connectivity index (χ0n) is 12.3. The minimum atomic E-state index is -0.390. The molecule has 0 aliphatic heterocycles. The van der Waals surface area contributed by atoms with E-state index in [1.807, 2.05) is 0 Å². The van der Waals surface area contributed by atoms with Crippen molar-refractivity contribution in [1.82, 2.24) is 5.32 Å². The summed E-state index contributed by atoms with van der Waals surface area (Å²) in [6.07, 6.45) is 4.97. The molecule has 2 N–H and O–H groups in total. The van der Waals surface area contributed by atoms with Crippen LogP contribution in [0.25, 0.3) is 0 Å². The maximum absolute atomic E-state index is 13.1. The van der Waals surface area contributed by atoms with Crippen LogP contribution in [0.2, 0.25) is 0 Å². The van der Waals surface area contributed by atoms with Gasteiger partial charge in [-0.1, -0.05) is 40.0 Å². The predicted octanol–water partition coefficient (Wildman–Crippen LogP) is 4.23. The largest absolute Gasteiger partial charge is 0.508 e. The summed E-state index contributed by atoms with van der Waals surface area (Å²) in [5.41, 5.74) is 1.03. The van der Waals surface area contributed by atoms with Crippen LogP contribution < -0.4 is 5.32 Å². The van der Waals surface area contributed by atoms with Crippen molar-refractivity contribution < 1.29 is 9.50 Å². The number of rotatable bonds is 8. The number of phenolic OH excluding ortho intramolecular Hbond substituents is 1. The molecule has 3 heteroatoms. The summed E-state index contributed by atoms with van der Waals surface area (Å²) in [4.78, 5) is 0. The van der Waals surface area contributed by atoms with Gasteiger partial charge in [0.1, 0.15) is 11.6 Å². The van der Waals surface area contributed by atoms with Gasteiger partial charge in [0, 0.05) is 19.2 Å². The van der Waals surface area contributed by atoms with Gasteiger partial charge >= 0.3 is 0 Å². The highest BCUT2D eigenvalue weighted by Crippen LogP contribution is 2.23. The van der Waals surface area contributed by atoms with E-state index in [1.165, 1.54) is 31.7 Å². The van der Waals surface area contributed by atoms with Gasteiger partial charge in [0.25, 0.3) is 0 Å². The normalized spacial score (nSPS) is 11.8. The summed E-state index contributed by atoms with van der Waals surface area (Å²) in [5, 5.41) is 12.7. The van der Waals surface area contributed by atoms with Gasteiger partial charge in [-0.15, -0.1) is 0 Å². The van der Waals surface area contributed by atoms with Crippen molar-refractivity contribution in [3.63, 3.8) is 0 Å². The van der Waals surface area contributed by atoms with Gasteiger partial charge in [-0.05, 0) is 29.5 Å². The van der Waals surface area contributed by atoms with Crippen LogP contribution in [0, 0.1) is 11.2 Å². The molecular weight excluding hydrogens is 241 g/mol. The van der Waals surface area contributed by atoms with Crippen molar-refractivity contribution in [1.29, 1.82) is 0 Å². The maximum atomic E-state index is 13.1. The zero-order chi connectivity index (χ0) is 14.3. The third-order valence-electron chi connectivity index (χ3n) is 3.33. The van der Waals surface area contributed by atoms with E-state index in [2.05, 4.69) is 26.1 Å².